The van der Waals surface area contributed by atoms with E-state index in [0.717, 1.165) is 11.3 Å². The van der Waals surface area contributed by atoms with Crippen molar-refractivity contribution >= 4 is 24.7 Å². The summed E-state index contributed by atoms with van der Waals surface area (Å²) in [5, 5.41) is 18.7. The summed E-state index contributed by atoms with van der Waals surface area (Å²) >= 11 is 0. The van der Waals surface area contributed by atoms with Crippen LogP contribution in [0.25, 0.3) is 0 Å². The number of hydrogen-bond donors (Lipinski definition) is 2. The van der Waals surface area contributed by atoms with Crippen molar-refractivity contribution in [2.24, 2.45) is 0 Å². The minimum Gasteiger partial charge on any atom is -0.471 e. The van der Waals surface area contributed by atoms with Gasteiger partial charge in [0, 0.05) is 19.3 Å². The Kier molecular flexibility index (Phi) is 11.8. The van der Waals surface area contributed by atoms with Crippen LogP contribution in [0, 0.1) is 6.92 Å². The molecule has 25 heavy (non-hydrogen) atoms. The first-order valence-corrected chi connectivity index (χ1v) is 8.17. The summed E-state index contributed by atoms with van der Waals surface area (Å²) in [5.41, 5.74) is 3.80. The summed E-state index contributed by atoms with van der Waals surface area (Å²) in [6, 6.07) is 15.6. The number of aryl methyl sites for hydroxylation is 1. The molecule has 0 saturated heterocycles. The minimum absolute atomic E-state index is 0.375. The molecule has 5 nitrogen and oxygen atoms in total. The zero-order valence-corrected chi connectivity index (χ0v) is 15.6. The lowest BCUT2D eigenvalue weighted by Gasteiger charge is -2.21. The van der Waals surface area contributed by atoms with Gasteiger partial charge in [-0.25, -0.2) is 0 Å². The molecule has 0 saturated carbocycles. The van der Waals surface area contributed by atoms with E-state index in [0.29, 0.717) is 18.5 Å². The molecule has 2 N–H and O–H groups in total. The van der Waals surface area contributed by atoms with Gasteiger partial charge in [-0.1, -0.05) is 50.2 Å². The standard InChI is InChI=1S/C15H18BNO2.C2H4O2.C2H6/c1-12-6-5-8-14(10-12)17(2)11-13-7-3-4-9-15(13)16(18)19;1-4-2-3;1-2/h3-10,18-19H,11H2,1-2H3;2H,1H3;1-2H3. The second-order valence-electron chi connectivity index (χ2n) is 5.10. The van der Waals surface area contributed by atoms with Gasteiger partial charge in [-0.2, -0.15) is 0 Å². The van der Waals surface area contributed by atoms with E-state index >= 15 is 0 Å². The quantitative estimate of drug-likeness (QED) is 0.642. The van der Waals surface area contributed by atoms with Crippen LogP contribution >= 0.6 is 0 Å². The Bertz CT molecular complexity index is 620. The molecule has 0 unspecified atom stereocenters. The van der Waals surface area contributed by atoms with Crippen LogP contribution in [0.5, 0.6) is 0 Å². The van der Waals surface area contributed by atoms with Crippen molar-refractivity contribution in [1.82, 2.24) is 0 Å². The van der Waals surface area contributed by atoms with E-state index < -0.39 is 7.12 Å². The number of benzene rings is 2. The van der Waals surface area contributed by atoms with E-state index in [-0.39, 0.29) is 0 Å². The molecule has 0 amide bonds. The van der Waals surface area contributed by atoms with Gasteiger partial charge in [0.2, 0.25) is 0 Å². The Morgan fingerprint density at radius 3 is 2.24 bits per heavy atom. The molecule has 6 heteroatoms. The van der Waals surface area contributed by atoms with Gasteiger partial charge in [0.25, 0.3) is 6.47 Å². The number of rotatable bonds is 5. The van der Waals surface area contributed by atoms with Crippen LogP contribution in [0.4, 0.5) is 5.69 Å². The van der Waals surface area contributed by atoms with Crippen molar-refractivity contribution in [3.8, 4) is 0 Å². The van der Waals surface area contributed by atoms with Crippen LogP contribution in [0.1, 0.15) is 25.0 Å². The van der Waals surface area contributed by atoms with Crippen molar-refractivity contribution in [2.75, 3.05) is 19.1 Å². The maximum Gasteiger partial charge on any atom is 0.488 e. The Balaban J connectivity index is 0.000000845. The molecule has 0 aliphatic rings. The van der Waals surface area contributed by atoms with Crippen LogP contribution in [0.3, 0.4) is 0 Å². The largest absolute Gasteiger partial charge is 0.488 e. The second-order valence-corrected chi connectivity index (χ2v) is 5.10. The van der Waals surface area contributed by atoms with E-state index in [1.54, 1.807) is 6.07 Å². The highest BCUT2D eigenvalue weighted by Gasteiger charge is 2.16. The summed E-state index contributed by atoms with van der Waals surface area (Å²) in [6.07, 6.45) is 0. The van der Waals surface area contributed by atoms with E-state index in [1.165, 1.54) is 12.7 Å². The average molecular weight is 345 g/mol. The zero-order chi connectivity index (χ0) is 19.2. The van der Waals surface area contributed by atoms with Gasteiger partial charge in [-0.05, 0) is 35.6 Å². The molecule has 2 aromatic rings. The Labute approximate surface area is 151 Å². The van der Waals surface area contributed by atoms with Crippen LogP contribution in [0.2, 0.25) is 0 Å². The van der Waals surface area contributed by atoms with Crippen LogP contribution in [-0.4, -0.2) is 37.8 Å². The lowest BCUT2D eigenvalue weighted by Crippen LogP contribution is -2.35. The predicted octanol–water partition coefficient (Wildman–Crippen LogP) is 2.13. The summed E-state index contributed by atoms with van der Waals surface area (Å²) in [5.74, 6) is 0. The lowest BCUT2D eigenvalue weighted by atomic mass is 9.77. The molecule has 0 fully saturated rings. The van der Waals surface area contributed by atoms with Gasteiger partial charge < -0.3 is 19.7 Å². The number of ether oxygens (including phenoxy) is 1. The van der Waals surface area contributed by atoms with E-state index in [4.69, 9.17) is 4.79 Å². The van der Waals surface area contributed by atoms with Crippen LogP contribution in [0.15, 0.2) is 48.5 Å². The first-order valence-electron chi connectivity index (χ1n) is 8.17. The van der Waals surface area contributed by atoms with Gasteiger partial charge >= 0.3 is 7.12 Å². The summed E-state index contributed by atoms with van der Waals surface area (Å²) in [7, 11) is 1.88. The molecule has 2 rings (SSSR count). The minimum atomic E-state index is -1.43. The number of anilines is 1. The third kappa shape index (κ3) is 8.38. The molecule has 0 aromatic heterocycles. The molecule has 0 aliphatic heterocycles. The molecule has 0 bridgehead atoms. The molecule has 0 aliphatic carbocycles. The molecule has 0 heterocycles. The van der Waals surface area contributed by atoms with Gasteiger partial charge in [-0.3, -0.25) is 4.79 Å². The highest BCUT2D eigenvalue weighted by molar-refractivity contribution is 6.59. The Morgan fingerprint density at radius 2 is 1.72 bits per heavy atom. The van der Waals surface area contributed by atoms with Crippen molar-refractivity contribution in [2.45, 2.75) is 27.3 Å². The highest BCUT2D eigenvalue weighted by Crippen LogP contribution is 2.16. The van der Waals surface area contributed by atoms with Crippen molar-refractivity contribution in [3.05, 3.63) is 59.7 Å². The third-order valence-electron chi connectivity index (χ3n) is 3.28. The normalized spacial score (nSPS) is 8.92. The van der Waals surface area contributed by atoms with Gasteiger partial charge in [0.05, 0.1) is 7.11 Å². The van der Waals surface area contributed by atoms with E-state index in [9.17, 15) is 10.0 Å². The Morgan fingerprint density at radius 1 is 1.12 bits per heavy atom. The van der Waals surface area contributed by atoms with E-state index in [1.807, 2.05) is 51.2 Å². The summed E-state index contributed by atoms with van der Waals surface area (Å²) < 4.78 is 3.86. The lowest BCUT2D eigenvalue weighted by molar-refractivity contribution is -0.126. The third-order valence-corrected chi connectivity index (χ3v) is 3.28. The summed E-state index contributed by atoms with van der Waals surface area (Å²) in [4.78, 5) is 11.0. The van der Waals surface area contributed by atoms with Crippen molar-refractivity contribution in [3.63, 3.8) is 0 Å². The molecule has 0 radical (unpaired) electrons. The van der Waals surface area contributed by atoms with Gasteiger partial charge in [-0.15, -0.1) is 0 Å². The Hall–Kier alpha value is -2.31. The number of carbonyl (C=O) groups is 1. The number of nitrogens with zero attached hydrogens (tertiary/aromatic N) is 1. The highest BCUT2D eigenvalue weighted by atomic mass is 16.5. The fourth-order valence-corrected chi connectivity index (χ4v) is 2.14. The number of hydrogen-bond acceptors (Lipinski definition) is 5. The zero-order valence-electron chi connectivity index (χ0n) is 15.6. The summed E-state index contributed by atoms with van der Waals surface area (Å²) in [6.45, 7) is 7.07. The van der Waals surface area contributed by atoms with E-state index in [2.05, 4.69) is 28.7 Å². The first kappa shape index (κ1) is 22.7. The molecular formula is C19H28BNO4. The maximum atomic E-state index is 9.37. The van der Waals surface area contributed by atoms with Crippen LogP contribution in [-0.2, 0) is 16.1 Å². The first-order chi connectivity index (χ1) is 12.0. The molecule has 0 spiro atoms. The molecule has 0 atom stereocenters. The average Bonchev–Trinajstić information content (AvgIpc) is 2.64. The van der Waals surface area contributed by atoms with Gasteiger partial charge in [0.15, 0.2) is 0 Å². The van der Waals surface area contributed by atoms with Crippen LogP contribution < -0.4 is 10.4 Å². The second kappa shape index (κ2) is 13.0. The molecule has 2 aromatic carbocycles. The van der Waals surface area contributed by atoms with Crippen molar-refractivity contribution in [1.29, 1.82) is 0 Å². The molecule has 136 valence electrons. The SMILES string of the molecule is CC.COC=O.Cc1cccc(N(C)Cc2ccccc2B(O)O)c1. The fraction of sp³-hybridized carbons (Fsp3) is 0.316. The number of methoxy groups -OCH3 is 1. The monoisotopic (exact) mass is 345 g/mol. The molecular weight excluding hydrogens is 317 g/mol. The number of carbonyl (C=O) groups excluding carboxylic acids is 1. The smallest absolute Gasteiger partial charge is 0.471 e. The predicted molar refractivity (Wildman–Crippen MR) is 104 cm³/mol. The van der Waals surface area contributed by atoms with Gasteiger partial charge in [0.1, 0.15) is 0 Å². The topological polar surface area (TPSA) is 70.0 Å². The maximum absolute atomic E-state index is 9.37. The van der Waals surface area contributed by atoms with Crippen molar-refractivity contribution < 1.29 is 19.6 Å². The fourth-order valence-electron chi connectivity index (χ4n) is 2.14.